The summed E-state index contributed by atoms with van der Waals surface area (Å²) >= 11 is 7.74. The molecule has 0 atom stereocenters. The predicted molar refractivity (Wildman–Crippen MR) is 175 cm³/mol. The van der Waals surface area contributed by atoms with Crippen molar-refractivity contribution >= 4 is 58.0 Å². The number of amidine groups is 1. The van der Waals surface area contributed by atoms with Gasteiger partial charge in [-0.25, -0.2) is 14.5 Å². The summed E-state index contributed by atoms with van der Waals surface area (Å²) in [6.07, 6.45) is -1.02. The predicted octanol–water partition coefficient (Wildman–Crippen LogP) is 8.00. The van der Waals surface area contributed by atoms with Crippen LogP contribution in [-0.2, 0) is 17.8 Å². The fourth-order valence-electron chi connectivity index (χ4n) is 4.32. The molecule has 46 heavy (non-hydrogen) atoms. The van der Waals surface area contributed by atoms with E-state index < -0.39 is 12.4 Å². The first-order chi connectivity index (χ1) is 22.0. The number of anilines is 3. The zero-order chi connectivity index (χ0) is 33.3. The molecule has 0 aliphatic heterocycles. The van der Waals surface area contributed by atoms with Crippen molar-refractivity contribution in [3.63, 3.8) is 0 Å². The molecule has 0 bridgehead atoms. The molecule has 0 saturated carbocycles. The van der Waals surface area contributed by atoms with Gasteiger partial charge in [0.1, 0.15) is 12.1 Å². The molecule has 10 nitrogen and oxygen atoms in total. The van der Waals surface area contributed by atoms with E-state index in [4.69, 9.17) is 11.6 Å². The van der Waals surface area contributed by atoms with Crippen molar-refractivity contribution in [3.05, 3.63) is 89.0 Å². The third kappa shape index (κ3) is 9.47. The van der Waals surface area contributed by atoms with E-state index in [0.717, 1.165) is 24.0 Å². The number of rotatable bonds is 11. The monoisotopic (exact) mass is 673 g/mol. The number of thioether (sulfide) groups is 1. The van der Waals surface area contributed by atoms with Crippen molar-refractivity contribution in [1.29, 1.82) is 0 Å². The molecule has 1 aromatic heterocycles. The number of amides is 3. The Labute approximate surface area is 273 Å². The van der Waals surface area contributed by atoms with Gasteiger partial charge >= 0.3 is 12.4 Å². The Balaban J connectivity index is 1.41. The number of aliphatic imine (C=N–C) groups is 1. The standard InChI is InChI=1S/C31H31ClF3N7O3S/c1-4-6-21-8-7-20(3)15-27(21)41(19-43)30(46-5-2)39-29(44)38-22-9-14-26(25(32)16-22)36-17-28-37-18-42(40-28)23-10-12-24(13-11-23)45-31(33,34)35/h7-16,18-19,36H,4-6,17H2,1-3H3,(H,38,44). The number of nitrogens with zero attached hydrogens (tertiary/aromatic N) is 5. The SMILES string of the molecule is CCCc1ccc(C)cc1N(C=O)C(=NC(=O)Nc1ccc(NCc2ncn(-c3ccc(OC(F)(F)F)cc3)n2)c(Cl)c1)SCC. The first kappa shape index (κ1) is 34.3. The van der Waals surface area contributed by atoms with Crippen molar-refractivity contribution < 1.29 is 27.5 Å². The summed E-state index contributed by atoms with van der Waals surface area (Å²) in [5.41, 5.74) is 4.08. The van der Waals surface area contributed by atoms with E-state index in [9.17, 15) is 22.8 Å². The van der Waals surface area contributed by atoms with Crippen LogP contribution < -0.4 is 20.3 Å². The Hall–Kier alpha value is -4.56. The second-order valence-electron chi connectivity index (χ2n) is 9.81. The summed E-state index contributed by atoms with van der Waals surface area (Å²) in [6.45, 7) is 6.09. The number of carbonyl (C=O) groups excluding carboxylic acids is 2. The number of aromatic nitrogens is 3. The largest absolute Gasteiger partial charge is 0.573 e. The zero-order valence-electron chi connectivity index (χ0n) is 25.1. The lowest BCUT2D eigenvalue weighted by molar-refractivity contribution is -0.274. The molecule has 0 spiro atoms. The van der Waals surface area contributed by atoms with Crippen molar-refractivity contribution in [1.82, 2.24) is 14.8 Å². The Morgan fingerprint density at radius 1 is 1.13 bits per heavy atom. The van der Waals surface area contributed by atoms with Gasteiger partial charge in [0.2, 0.25) is 6.41 Å². The molecule has 0 radical (unpaired) electrons. The van der Waals surface area contributed by atoms with Crippen LogP contribution in [-0.4, -0.2) is 44.5 Å². The van der Waals surface area contributed by atoms with E-state index >= 15 is 0 Å². The molecule has 0 saturated heterocycles. The maximum absolute atomic E-state index is 12.9. The molecule has 0 aliphatic rings. The van der Waals surface area contributed by atoms with Crippen molar-refractivity contribution in [3.8, 4) is 11.4 Å². The molecule has 0 fully saturated rings. The summed E-state index contributed by atoms with van der Waals surface area (Å²) in [6, 6.07) is 15.3. The Kier molecular flexibility index (Phi) is 11.7. The summed E-state index contributed by atoms with van der Waals surface area (Å²) in [5.74, 6) is 0.647. The molecule has 4 aromatic rings. The quantitative estimate of drug-likeness (QED) is 0.0942. The van der Waals surface area contributed by atoms with Gasteiger partial charge < -0.3 is 15.4 Å². The second-order valence-corrected chi connectivity index (χ2v) is 11.4. The van der Waals surface area contributed by atoms with Gasteiger partial charge in [-0.3, -0.25) is 9.69 Å². The molecule has 3 amide bonds. The van der Waals surface area contributed by atoms with E-state index in [-0.39, 0.29) is 17.5 Å². The average molecular weight is 674 g/mol. The highest BCUT2D eigenvalue weighted by Gasteiger charge is 2.31. The topological polar surface area (TPSA) is 114 Å². The maximum atomic E-state index is 12.9. The van der Waals surface area contributed by atoms with Gasteiger partial charge in [-0.15, -0.1) is 18.3 Å². The van der Waals surface area contributed by atoms with Crippen LogP contribution in [0.2, 0.25) is 5.02 Å². The number of benzene rings is 3. The normalized spacial score (nSPS) is 11.7. The van der Waals surface area contributed by atoms with Gasteiger partial charge in [-0.1, -0.05) is 55.8 Å². The number of carbonyl (C=O) groups is 2. The molecular weight excluding hydrogens is 643 g/mol. The van der Waals surface area contributed by atoms with E-state index in [1.165, 1.54) is 51.9 Å². The minimum Gasteiger partial charge on any atom is -0.406 e. The molecule has 242 valence electrons. The fourth-order valence-corrected chi connectivity index (χ4v) is 5.25. The lowest BCUT2D eigenvalue weighted by Crippen LogP contribution is -2.30. The van der Waals surface area contributed by atoms with Crippen LogP contribution in [0.15, 0.2) is 72.0 Å². The van der Waals surface area contributed by atoms with Gasteiger partial charge in [-0.2, -0.15) is 4.99 Å². The lowest BCUT2D eigenvalue weighted by Gasteiger charge is -2.22. The molecule has 0 unspecified atom stereocenters. The van der Waals surface area contributed by atoms with Crippen molar-refractivity contribution in [2.75, 3.05) is 21.3 Å². The number of hydrogen-bond acceptors (Lipinski definition) is 7. The first-order valence-corrected chi connectivity index (χ1v) is 15.5. The molecule has 3 aromatic carbocycles. The lowest BCUT2D eigenvalue weighted by atomic mass is 10.0. The number of hydrogen-bond donors (Lipinski definition) is 2. The highest BCUT2D eigenvalue weighted by atomic mass is 35.5. The van der Waals surface area contributed by atoms with E-state index in [2.05, 4.69) is 37.4 Å². The van der Waals surface area contributed by atoms with Gasteiger partial charge in [-0.05, 0) is 78.8 Å². The molecule has 15 heteroatoms. The van der Waals surface area contributed by atoms with Crippen LogP contribution >= 0.6 is 23.4 Å². The number of nitrogens with one attached hydrogen (secondary N) is 2. The average Bonchev–Trinajstić information content (AvgIpc) is 3.47. The van der Waals surface area contributed by atoms with E-state index in [1.54, 1.807) is 18.2 Å². The third-order valence-corrected chi connectivity index (χ3v) is 7.48. The van der Waals surface area contributed by atoms with Crippen molar-refractivity contribution in [2.45, 2.75) is 46.5 Å². The van der Waals surface area contributed by atoms with E-state index in [0.29, 0.717) is 45.8 Å². The summed E-state index contributed by atoms with van der Waals surface area (Å²) < 4.78 is 42.5. The number of ether oxygens (including phenoxy) is 1. The molecule has 2 N–H and O–H groups in total. The Bertz CT molecular complexity index is 1700. The van der Waals surface area contributed by atoms with Crippen molar-refractivity contribution in [2.24, 2.45) is 4.99 Å². The molecular formula is C31H31ClF3N7O3S. The van der Waals surface area contributed by atoms with Gasteiger partial charge in [0.25, 0.3) is 0 Å². The van der Waals surface area contributed by atoms with Gasteiger partial charge in [0.05, 0.1) is 28.6 Å². The minimum absolute atomic E-state index is 0.191. The summed E-state index contributed by atoms with van der Waals surface area (Å²) in [7, 11) is 0. The van der Waals surface area contributed by atoms with Crippen LogP contribution in [0.3, 0.4) is 0 Å². The fraction of sp³-hybridized carbons (Fsp3) is 0.258. The van der Waals surface area contributed by atoms with E-state index in [1.807, 2.05) is 32.0 Å². The highest BCUT2D eigenvalue weighted by Crippen LogP contribution is 2.28. The van der Waals surface area contributed by atoms with Crippen LogP contribution in [0.5, 0.6) is 5.75 Å². The minimum atomic E-state index is -4.77. The van der Waals surface area contributed by atoms with Crippen LogP contribution in [0.25, 0.3) is 5.69 Å². The molecule has 0 aliphatic carbocycles. The maximum Gasteiger partial charge on any atom is 0.573 e. The van der Waals surface area contributed by atoms with Crippen LogP contribution in [0.1, 0.15) is 37.2 Å². The summed E-state index contributed by atoms with van der Waals surface area (Å²) in [4.78, 5) is 35.0. The Morgan fingerprint density at radius 3 is 2.54 bits per heavy atom. The second kappa shape index (κ2) is 15.6. The highest BCUT2D eigenvalue weighted by molar-refractivity contribution is 8.14. The molecule has 1 heterocycles. The van der Waals surface area contributed by atoms with Gasteiger partial charge in [0.15, 0.2) is 11.0 Å². The van der Waals surface area contributed by atoms with Crippen LogP contribution in [0.4, 0.5) is 35.0 Å². The summed E-state index contributed by atoms with van der Waals surface area (Å²) in [5, 5.41) is 10.7. The number of aryl methyl sites for hydroxylation is 2. The van der Waals surface area contributed by atoms with Gasteiger partial charge in [0, 0.05) is 5.69 Å². The number of alkyl halides is 3. The zero-order valence-corrected chi connectivity index (χ0v) is 26.7. The third-order valence-electron chi connectivity index (χ3n) is 6.33. The number of halogens is 4. The van der Waals surface area contributed by atoms with Crippen LogP contribution in [0, 0.1) is 6.92 Å². The first-order valence-electron chi connectivity index (χ1n) is 14.2. The smallest absolute Gasteiger partial charge is 0.406 e. The molecule has 4 rings (SSSR count). The Morgan fingerprint density at radius 2 is 1.89 bits per heavy atom. The number of urea groups is 1.